The minimum atomic E-state index is -0.573. The molecule has 6 heteroatoms. The summed E-state index contributed by atoms with van der Waals surface area (Å²) in [6.07, 6.45) is 0.947. The molecule has 1 unspecified atom stereocenters. The van der Waals surface area contributed by atoms with Crippen molar-refractivity contribution in [2.24, 2.45) is 0 Å². The minimum Gasteiger partial charge on any atom is -0.437 e. The molecule has 0 radical (unpaired) electrons. The molecule has 142 valence electrons. The summed E-state index contributed by atoms with van der Waals surface area (Å²) in [6, 6.07) is 16.3. The van der Waals surface area contributed by atoms with E-state index in [1.165, 1.54) is 6.33 Å². The molecule has 0 spiro atoms. The number of benzene rings is 2. The van der Waals surface area contributed by atoms with E-state index in [0.717, 1.165) is 38.2 Å². The van der Waals surface area contributed by atoms with Crippen LogP contribution in [0.1, 0.15) is 18.1 Å². The smallest absolute Gasteiger partial charge is 0.240 e. The van der Waals surface area contributed by atoms with Crippen LogP contribution in [-0.2, 0) is 6.54 Å². The lowest BCUT2D eigenvalue weighted by Crippen LogP contribution is -2.24. The normalized spacial score (nSPS) is 12.2. The topological polar surface area (TPSA) is 67.3 Å². The Labute approximate surface area is 167 Å². The van der Waals surface area contributed by atoms with Crippen LogP contribution in [0.4, 0.5) is 0 Å². The molecule has 28 heavy (non-hydrogen) atoms. The second-order valence-electron chi connectivity index (χ2n) is 6.57. The summed E-state index contributed by atoms with van der Waals surface area (Å²) < 4.78 is 7.11. The number of thiophene rings is 1. The molecule has 2 aromatic heterocycles. The maximum absolute atomic E-state index is 9.46. The molecule has 0 bridgehead atoms. The summed E-state index contributed by atoms with van der Waals surface area (Å²) in [4.78, 5) is 8.77. The average Bonchev–Trinajstić information content (AvgIpc) is 3.13. The van der Waals surface area contributed by atoms with Gasteiger partial charge in [-0.25, -0.2) is 9.97 Å². The number of rotatable bonds is 6. The fourth-order valence-electron chi connectivity index (χ4n) is 3.09. The van der Waals surface area contributed by atoms with Crippen molar-refractivity contribution < 1.29 is 9.84 Å². The van der Waals surface area contributed by atoms with E-state index in [4.69, 9.17) is 4.74 Å². The van der Waals surface area contributed by atoms with Gasteiger partial charge < -0.3 is 9.84 Å². The first kappa shape index (κ1) is 18.6. The first-order valence-corrected chi connectivity index (χ1v) is 9.97. The summed E-state index contributed by atoms with van der Waals surface area (Å²) in [7, 11) is 0. The van der Waals surface area contributed by atoms with Gasteiger partial charge in [-0.15, -0.1) is 11.3 Å². The first-order valence-electron chi connectivity index (χ1n) is 9.09. The lowest BCUT2D eigenvalue weighted by Gasteiger charge is -2.12. The molecule has 1 atom stereocenters. The van der Waals surface area contributed by atoms with Crippen LogP contribution >= 0.6 is 11.3 Å². The lowest BCUT2D eigenvalue weighted by molar-refractivity contribution is 0.155. The summed E-state index contributed by atoms with van der Waals surface area (Å²) in [5.74, 6) is 1.32. The van der Waals surface area contributed by atoms with E-state index in [-0.39, 0.29) is 0 Å². The molecule has 2 aromatic carbocycles. The molecule has 0 aliphatic heterocycles. The highest BCUT2D eigenvalue weighted by molar-refractivity contribution is 7.17. The van der Waals surface area contributed by atoms with Gasteiger partial charge >= 0.3 is 0 Å². The van der Waals surface area contributed by atoms with Crippen molar-refractivity contribution in [2.75, 3.05) is 0 Å². The fourth-order valence-corrected chi connectivity index (χ4v) is 4.04. The van der Waals surface area contributed by atoms with Crippen LogP contribution in [0.3, 0.4) is 0 Å². The van der Waals surface area contributed by atoms with Crippen LogP contribution in [0, 0.1) is 6.92 Å². The molecule has 0 aliphatic rings. The summed E-state index contributed by atoms with van der Waals surface area (Å²) in [6.45, 7) is 4.29. The van der Waals surface area contributed by atoms with Crippen molar-refractivity contribution >= 4 is 21.6 Å². The van der Waals surface area contributed by atoms with Gasteiger partial charge in [0.2, 0.25) is 5.88 Å². The van der Waals surface area contributed by atoms with Crippen LogP contribution in [0.25, 0.3) is 21.3 Å². The Bertz CT molecular complexity index is 1090. The van der Waals surface area contributed by atoms with Crippen molar-refractivity contribution in [3.63, 3.8) is 0 Å². The van der Waals surface area contributed by atoms with E-state index in [1.54, 1.807) is 18.3 Å². The third-order valence-electron chi connectivity index (χ3n) is 4.56. The Hall–Kier alpha value is -2.80. The zero-order valence-electron chi connectivity index (χ0n) is 15.7. The molecular formula is C22H21N3O2S. The Kier molecular flexibility index (Phi) is 5.34. The van der Waals surface area contributed by atoms with Gasteiger partial charge in [0.05, 0.1) is 5.52 Å². The van der Waals surface area contributed by atoms with Gasteiger partial charge in [0.1, 0.15) is 23.0 Å². The third-order valence-corrected chi connectivity index (χ3v) is 5.56. The van der Waals surface area contributed by atoms with E-state index in [0.29, 0.717) is 12.4 Å². The summed E-state index contributed by atoms with van der Waals surface area (Å²) in [5, 5.41) is 14.5. The van der Waals surface area contributed by atoms with Crippen LogP contribution in [0.15, 0.2) is 60.2 Å². The van der Waals surface area contributed by atoms with E-state index in [1.807, 2.05) is 35.7 Å². The maximum atomic E-state index is 9.46. The van der Waals surface area contributed by atoms with Gasteiger partial charge in [0, 0.05) is 12.1 Å². The number of nitrogens with zero attached hydrogens (tertiary/aromatic N) is 2. The molecule has 4 rings (SSSR count). The highest BCUT2D eigenvalue weighted by Crippen LogP contribution is 2.36. The van der Waals surface area contributed by atoms with E-state index in [2.05, 4.69) is 40.4 Å². The third kappa shape index (κ3) is 3.75. The van der Waals surface area contributed by atoms with Gasteiger partial charge in [0.15, 0.2) is 0 Å². The standard InChI is InChI=1S/C22H21N3O2S/c1-14-18(16-7-4-3-5-8-16)9-6-10-19(14)27-22-21-20(24-13-25-22)17(12-28-21)11-23-15(2)26/h3-10,12-13,15,23,26H,11H2,1-2H3. The molecule has 0 amide bonds. The lowest BCUT2D eigenvalue weighted by atomic mass is 10.00. The van der Waals surface area contributed by atoms with Gasteiger partial charge in [-0.1, -0.05) is 42.5 Å². The molecule has 5 nitrogen and oxygen atoms in total. The van der Waals surface area contributed by atoms with Crippen LogP contribution < -0.4 is 10.1 Å². The molecular weight excluding hydrogens is 370 g/mol. The molecule has 0 aliphatic carbocycles. The SMILES string of the molecule is Cc1c(Oc2ncnc3c(CNC(C)O)csc23)cccc1-c1ccccc1. The number of hydrogen-bond acceptors (Lipinski definition) is 6. The maximum Gasteiger partial charge on any atom is 0.240 e. The largest absolute Gasteiger partial charge is 0.437 e. The van der Waals surface area contributed by atoms with Crippen molar-refractivity contribution in [1.82, 2.24) is 15.3 Å². The zero-order chi connectivity index (χ0) is 19.5. The van der Waals surface area contributed by atoms with Crippen LogP contribution in [0.2, 0.25) is 0 Å². The second kappa shape index (κ2) is 8.06. The monoisotopic (exact) mass is 391 g/mol. The number of aromatic nitrogens is 2. The molecule has 0 fully saturated rings. The number of nitrogens with one attached hydrogen (secondary N) is 1. The van der Waals surface area contributed by atoms with Gasteiger partial charge in [-0.2, -0.15) is 0 Å². The molecule has 0 saturated heterocycles. The molecule has 2 N–H and O–H groups in total. The molecule has 0 saturated carbocycles. The number of hydrogen-bond donors (Lipinski definition) is 2. The van der Waals surface area contributed by atoms with Crippen molar-refractivity contribution in [3.8, 4) is 22.8 Å². The predicted octanol–water partition coefficient (Wildman–Crippen LogP) is 4.89. The van der Waals surface area contributed by atoms with Gasteiger partial charge in [-0.05, 0) is 42.0 Å². The Morgan fingerprint density at radius 1 is 1.11 bits per heavy atom. The number of aliphatic hydroxyl groups excluding tert-OH is 1. The quantitative estimate of drug-likeness (QED) is 0.458. The van der Waals surface area contributed by atoms with Gasteiger partial charge in [0.25, 0.3) is 0 Å². The number of fused-ring (bicyclic) bond motifs is 1. The van der Waals surface area contributed by atoms with Crippen LogP contribution in [0.5, 0.6) is 11.6 Å². The summed E-state index contributed by atoms with van der Waals surface area (Å²) in [5.41, 5.74) is 5.22. The minimum absolute atomic E-state index is 0.538. The highest BCUT2D eigenvalue weighted by atomic mass is 32.1. The van der Waals surface area contributed by atoms with Crippen molar-refractivity contribution in [3.05, 3.63) is 71.4 Å². The fraction of sp³-hybridized carbons (Fsp3) is 0.182. The van der Waals surface area contributed by atoms with Crippen molar-refractivity contribution in [2.45, 2.75) is 26.6 Å². The molecule has 4 aromatic rings. The molecule has 2 heterocycles. The first-order chi connectivity index (χ1) is 13.6. The van der Waals surface area contributed by atoms with E-state index in [9.17, 15) is 5.11 Å². The Morgan fingerprint density at radius 2 is 1.93 bits per heavy atom. The Balaban J connectivity index is 1.67. The highest BCUT2D eigenvalue weighted by Gasteiger charge is 2.15. The van der Waals surface area contributed by atoms with E-state index >= 15 is 0 Å². The van der Waals surface area contributed by atoms with Crippen molar-refractivity contribution in [1.29, 1.82) is 0 Å². The number of ether oxygens (including phenoxy) is 1. The van der Waals surface area contributed by atoms with Gasteiger partial charge in [-0.3, -0.25) is 5.32 Å². The number of aliphatic hydroxyl groups is 1. The summed E-state index contributed by atoms with van der Waals surface area (Å²) >= 11 is 1.55. The predicted molar refractivity (Wildman–Crippen MR) is 113 cm³/mol. The average molecular weight is 391 g/mol. The van der Waals surface area contributed by atoms with E-state index < -0.39 is 6.23 Å². The van der Waals surface area contributed by atoms with Crippen LogP contribution in [-0.4, -0.2) is 21.3 Å². The zero-order valence-corrected chi connectivity index (χ0v) is 16.5. The second-order valence-corrected chi connectivity index (χ2v) is 7.45. The Morgan fingerprint density at radius 3 is 2.71 bits per heavy atom.